The van der Waals surface area contributed by atoms with E-state index in [-0.39, 0.29) is 35.6 Å². The molecule has 0 spiro atoms. The molecule has 2 fully saturated rings. The lowest BCUT2D eigenvalue weighted by Crippen LogP contribution is -2.54. The van der Waals surface area contributed by atoms with Crippen LogP contribution in [0.3, 0.4) is 0 Å². The molecule has 3 aromatic carbocycles. The number of nitrogens with zero attached hydrogens (tertiary/aromatic N) is 4. The van der Waals surface area contributed by atoms with E-state index in [0.29, 0.717) is 63.2 Å². The van der Waals surface area contributed by atoms with Gasteiger partial charge in [-0.15, -0.1) is 0 Å². The summed E-state index contributed by atoms with van der Waals surface area (Å²) in [5, 5.41) is 9.05. The standard InChI is InChI=1S/C41H42N8O8/c42-38(53)29-23-44-30-14-13-26(22-28(30)37(29)45-25-8-3-1-4-9-25)47-18-20-48(21-19-47)35(52)12-5-2-6-17-43-34(51)24-57-32-11-7-10-27-36(32)41(56)49(40(27)55)31-15-16-33(50)46-39(31)54/h1,3-4,7-11,13-14,22-23,31H,2,5-6,12,15-21,24H2,(H2,42,53)(H,43,51)(H,44,45)(H,46,50,54). The topological polar surface area (TPSA) is 213 Å². The molecule has 2 saturated heterocycles. The van der Waals surface area contributed by atoms with Crippen molar-refractivity contribution >= 4 is 69.3 Å². The van der Waals surface area contributed by atoms with Crippen LogP contribution in [0.15, 0.2) is 72.9 Å². The number of hydrogen-bond donors (Lipinski definition) is 4. The van der Waals surface area contributed by atoms with Crippen LogP contribution < -0.4 is 31.3 Å². The summed E-state index contributed by atoms with van der Waals surface area (Å²) >= 11 is 0. The zero-order valence-electron chi connectivity index (χ0n) is 31.1. The Kier molecular flexibility index (Phi) is 11.4. The van der Waals surface area contributed by atoms with Crippen molar-refractivity contribution < 1.29 is 38.3 Å². The smallest absolute Gasteiger partial charge is 0.266 e. The molecule has 0 aliphatic carbocycles. The number of benzene rings is 3. The maximum atomic E-state index is 13.2. The number of piperazine rings is 1. The largest absolute Gasteiger partial charge is 0.483 e. The highest BCUT2D eigenvalue weighted by molar-refractivity contribution is 6.24. The second-order valence-electron chi connectivity index (χ2n) is 14.0. The Morgan fingerprint density at radius 2 is 1.68 bits per heavy atom. The number of carbonyl (C=O) groups excluding carboxylic acids is 7. The van der Waals surface area contributed by atoms with Crippen molar-refractivity contribution in [2.24, 2.45) is 5.73 Å². The molecule has 16 nitrogen and oxygen atoms in total. The Balaban J connectivity index is 0.832. The number of anilines is 3. The Morgan fingerprint density at radius 1 is 0.895 bits per heavy atom. The maximum absolute atomic E-state index is 13.2. The van der Waals surface area contributed by atoms with Crippen LogP contribution >= 0.6 is 0 Å². The van der Waals surface area contributed by atoms with E-state index in [4.69, 9.17) is 10.5 Å². The first-order valence-electron chi connectivity index (χ1n) is 18.9. The van der Waals surface area contributed by atoms with E-state index in [1.807, 2.05) is 53.4 Å². The van der Waals surface area contributed by atoms with Crippen LogP contribution in [0.1, 0.15) is 69.6 Å². The van der Waals surface area contributed by atoms with Crippen molar-refractivity contribution in [2.75, 3.05) is 49.5 Å². The van der Waals surface area contributed by atoms with Crippen molar-refractivity contribution in [3.05, 3.63) is 89.6 Å². The molecule has 1 unspecified atom stereocenters. The van der Waals surface area contributed by atoms with Gasteiger partial charge in [0.25, 0.3) is 23.6 Å². The summed E-state index contributed by atoms with van der Waals surface area (Å²) in [5.41, 5.74) is 9.12. The number of amides is 7. The summed E-state index contributed by atoms with van der Waals surface area (Å²) in [4.78, 5) is 97.5. The predicted octanol–water partition coefficient (Wildman–Crippen LogP) is 2.88. The number of ether oxygens (including phenoxy) is 1. The Bertz CT molecular complexity index is 2260. The molecule has 0 radical (unpaired) electrons. The van der Waals surface area contributed by atoms with E-state index in [2.05, 4.69) is 25.8 Å². The highest BCUT2D eigenvalue weighted by atomic mass is 16.5. The van der Waals surface area contributed by atoms with E-state index >= 15 is 0 Å². The van der Waals surface area contributed by atoms with Crippen LogP contribution in [0.25, 0.3) is 10.9 Å². The zero-order valence-corrected chi connectivity index (χ0v) is 31.1. The van der Waals surface area contributed by atoms with Crippen LogP contribution in [0.5, 0.6) is 5.75 Å². The predicted molar refractivity (Wildman–Crippen MR) is 209 cm³/mol. The summed E-state index contributed by atoms with van der Waals surface area (Å²) < 4.78 is 5.64. The third-order valence-corrected chi connectivity index (χ3v) is 10.3. The number of primary amides is 1. The molecule has 294 valence electrons. The molecule has 16 heteroatoms. The lowest BCUT2D eigenvalue weighted by Gasteiger charge is -2.36. The molecule has 3 aliphatic heterocycles. The van der Waals surface area contributed by atoms with Crippen LogP contribution in [0.4, 0.5) is 17.1 Å². The van der Waals surface area contributed by atoms with Gasteiger partial charge in [0.15, 0.2) is 6.61 Å². The minimum atomic E-state index is -1.11. The van der Waals surface area contributed by atoms with Crippen molar-refractivity contribution in [1.29, 1.82) is 0 Å². The molecule has 1 aromatic heterocycles. The lowest BCUT2D eigenvalue weighted by molar-refractivity contribution is -0.136. The fourth-order valence-corrected chi connectivity index (χ4v) is 7.34. The van der Waals surface area contributed by atoms with Gasteiger partial charge < -0.3 is 30.9 Å². The number of pyridine rings is 1. The number of aromatic nitrogens is 1. The summed E-state index contributed by atoms with van der Waals surface area (Å²) in [6, 6.07) is 18.8. The number of nitrogens with one attached hydrogen (secondary N) is 3. The summed E-state index contributed by atoms with van der Waals surface area (Å²) in [5.74, 6) is -3.42. The van der Waals surface area contributed by atoms with E-state index in [1.54, 1.807) is 0 Å². The van der Waals surface area contributed by atoms with Crippen molar-refractivity contribution in [3.8, 4) is 5.75 Å². The number of rotatable bonds is 14. The van der Waals surface area contributed by atoms with Crippen molar-refractivity contribution in [2.45, 2.75) is 44.6 Å². The van der Waals surface area contributed by atoms with Crippen LogP contribution in [-0.2, 0) is 19.2 Å². The number of imide groups is 2. The highest BCUT2D eigenvalue weighted by Crippen LogP contribution is 2.34. The Morgan fingerprint density at radius 3 is 2.44 bits per heavy atom. The fraction of sp³-hybridized carbons (Fsp3) is 0.317. The van der Waals surface area contributed by atoms with Crippen molar-refractivity contribution in [3.63, 3.8) is 0 Å². The molecule has 0 bridgehead atoms. The average molecular weight is 775 g/mol. The first-order valence-corrected chi connectivity index (χ1v) is 18.9. The third-order valence-electron chi connectivity index (χ3n) is 10.3. The van der Waals surface area contributed by atoms with Gasteiger partial charge in [0, 0.05) is 68.5 Å². The molecule has 4 aromatic rings. The lowest BCUT2D eigenvalue weighted by atomic mass is 10.0. The minimum Gasteiger partial charge on any atom is -0.483 e. The molecule has 1 atom stereocenters. The van der Waals surface area contributed by atoms with Gasteiger partial charge >= 0.3 is 0 Å². The normalized spacial score (nSPS) is 16.7. The molecule has 7 amide bonds. The molecule has 5 N–H and O–H groups in total. The van der Waals surface area contributed by atoms with E-state index in [0.717, 1.165) is 33.6 Å². The molecular formula is C41H42N8O8. The summed E-state index contributed by atoms with van der Waals surface area (Å²) in [6.07, 6.45) is 3.96. The monoisotopic (exact) mass is 774 g/mol. The SMILES string of the molecule is NC(=O)c1cnc2ccc(N3CCN(C(=O)CCCCCNC(=O)COc4cccc5c4C(=O)N(C4CCC(=O)NC4=O)C5=O)CC3)cc2c1Nc1ccccc1. The van der Waals surface area contributed by atoms with Gasteiger partial charge in [-0.1, -0.05) is 30.7 Å². The number of hydrogen-bond acceptors (Lipinski definition) is 11. The van der Waals surface area contributed by atoms with Crippen LogP contribution in [0, 0.1) is 0 Å². The Labute approximate surface area is 327 Å². The fourth-order valence-electron chi connectivity index (χ4n) is 7.34. The molecule has 0 saturated carbocycles. The second-order valence-corrected chi connectivity index (χ2v) is 14.0. The van der Waals surface area contributed by atoms with Crippen LogP contribution in [-0.4, -0.2) is 102 Å². The number of carbonyl (C=O) groups is 7. The van der Waals surface area contributed by atoms with Crippen LogP contribution in [0.2, 0.25) is 0 Å². The quantitative estimate of drug-likeness (QED) is 0.108. The molecule has 4 heterocycles. The second kappa shape index (κ2) is 16.9. The number of nitrogens with two attached hydrogens (primary N) is 1. The van der Waals surface area contributed by atoms with E-state index < -0.39 is 48.1 Å². The zero-order chi connectivity index (χ0) is 40.1. The summed E-state index contributed by atoms with van der Waals surface area (Å²) in [7, 11) is 0. The van der Waals surface area contributed by atoms with Gasteiger partial charge in [0.1, 0.15) is 11.8 Å². The first-order chi connectivity index (χ1) is 27.6. The highest BCUT2D eigenvalue weighted by Gasteiger charge is 2.46. The Hall–Kier alpha value is -6.84. The number of unbranched alkanes of at least 4 members (excludes halogenated alkanes) is 2. The minimum absolute atomic E-state index is 0.00648. The van der Waals surface area contributed by atoms with Gasteiger partial charge in [0.05, 0.1) is 27.9 Å². The maximum Gasteiger partial charge on any atom is 0.266 e. The molecule has 3 aliphatic rings. The van der Waals surface area contributed by atoms with Gasteiger partial charge in [-0.05, 0) is 61.7 Å². The van der Waals surface area contributed by atoms with Gasteiger partial charge in [-0.3, -0.25) is 48.8 Å². The third kappa shape index (κ3) is 8.39. The number of fused-ring (bicyclic) bond motifs is 2. The molecule has 57 heavy (non-hydrogen) atoms. The van der Waals surface area contributed by atoms with Gasteiger partial charge in [-0.25, -0.2) is 0 Å². The van der Waals surface area contributed by atoms with E-state index in [9.17, 15) is 33.6 Å². The molecule has 7 rings (SSSR count). The van der Waals surface area contributed by atoms with Gasteiger partial charge in [-0.2, -0.15) is 0 Å². The van der Waals surface area contributed by atoms with Gasteiger partial charge in [0.2, 0.25) is 17.7 Å². The summed E-state index contributed by atoms with van der Waals surface area (Å²) in [6.45, 7) is 2.40. The number of para-hydroxylation sites is 1. The average Bonchev–Trinajstić information content (AvgIpc) is 3.47. The van der Waals surface area contributed by atoms with E-state index in [1.165, 1.54) is 24.4 Å². The molecular weight excluding hydrogens is 732 g/mol. The van der Waals surface area contributed by atoms with Crippen molar-refractivity contribution in [1.82, 2.24) is 25.4 Å². The number of piperidine rings is 1. The first kappa shape index (κ1) is 38.4.